The fourth-order valence-corrected chi connectivity index (χ4v) is 2.08. The first kappa shape index (κ1) is 16.8. The highest BCUT2D eigenvalue weighted by atomic mass is 35.5. The number of nitrogens with zero attached hydrogens (tertiary/aromatic N) is 2. The number of aliphatic hydroxyl groups is 1. The van der Waals surface area contributed by atoms with Gasteiger partial charge in [0.2, 0.25) is 5.70 Å². The number of carbonyl (C=O) groups is 1. The summed E-state index contributed by atoms with van der Waals surface area (Å²) in [6, 6.07) is 2.87. The maximum absolute atomic E-state index is 11.5. The lowest BCUT2D eigenvalue weighted by Crippen LogP contribution is -2.07. The lowest BCUT2D eigenvalue weighted by atomic mass is 10.3. The van der Waals surface area contributed by atoms with Crippen molar-refractivity contribution in [1.29, 1.82) is 0 Å². The molecule has 0 saturated heterocycles. The molecule has 0 unspecified atom stereocenters. The van der Waals surface area contributed by atoms with Gasteiger partial charge in [0, 0.05) is 5.02 Å². The molecular formula is C12H11Cl3N2O3. The van der Waals surface area contributed by atoms with Crippen LogP contribution < -0.4 is 0 Å². The zero-order valence-corrected chi connectivity index (χ0v) is 12.9. The SMILES string of the molecule is CCOC(=O)/C(N=Nc1c(Cl)cc(Cl)cc1Cl)=C(\C)O. The Morgan fingerprint density at radius 2 is 1.85 bits per heavy atom. The summed E-state index contributed by atoms with van der Waals surface area (Å²) in [6.45, 7) is 3.07. The van der Waals surface area contributed by atoms with E-state index in [9.17, 15) is 9.90 Å². The molecular weight excluding hydrogens is 327 g/mol. The second-order valence-corrected chi connectivity index (χ2v) is 4.82. The first-order valence-corrected chi connectivity index (χ1v) is 6.63. The molecule has 0 spiro atoms. The van der Waals surface area contributed by atoms with Gasteiger partial charge in [-0.2, -0.15) is 0 Å². The Kier molecular flexibility index (Phi) is 6.26. The molecule has 8 heteroatoms. The van der Waals surface area contributed by atoms with Crippen molar-refractivity contribution in [3.8, 4) is 0 Å². The first-order valence-electron chi connectivity index (χ1n) is 5.50. The first-order chi connectivity index (χ1) is 9.36. The highest BCUT2D eigenvalue weighted by molar-refractivity contribution is 6.41. The van der Waals surface area contributed by atoms with E-state index in [1.165, 1.54) is 19.1 Å². The van der Waals surface area contributed by atoms with Crippen molar-refractivity contribution in [1.82, 2.24) is 0 Å². The Balaban J connectivity index is 3.13. The Labute approximate surface area is 130 Å². The smallest absolute Gasteiger partial charge is 0.362 e. The number of aliphatic hydroxyl groups excluding tert-OH is 1. The minimum absolute atomic E-state index is 0.140. The molecule has 0 aliphatic carbocycles. The number of azo groups is 1. The van der Waals surface area contributed by atoms with E-state index in [1.54, 1.807) is 6.92 Å². The molecule has 5 nitrogen and oxygen atoms in total. The minimum Gasteiger partial charge on any atom is -0.510 e. The van der Waals surface area contributed by atoms with Crippen LogP contribution in [0.5, 0.6) is 0 Å². The molecule has 108 valence electrons. The fraction of sp³-hybridized carbons (Fsp3) is 0.250. The van der Waals surface area contributed by atoms with Crippen LogP contribution >= 0.6 is 34.8 Å². The van der Waals surface area contributed by atoms with Gasteiger partial charge < -0.3 is 9.84 Å². The number of benzene rings is 1. The topological polar surface area (TPSA) is 71.2 Å². The number of rotatable bonds is 4. The summed E-state index contributed by atoms with van der Waals surface area (Å²) in [5.74, 6) is -1.12. The van der Waals surface area contributed by atoms with E-state index in [-0.39, 0.29) is 33.8 Å². The molecule has 1 N–H and O–H groups in total. The molecule has 0 fully saturated rings. The lowest BCUT2D eigenvalue weighted by molar-refractivity contribution is -0.138. The molecule has 0 saturated carbocycles. The number of ether oxygens (including phenoxy) is 1. The summed E-state index contributed by atoms with van der Waals surface area (Å²) in [5, 5.41) is 17.5. The van der Waals surface area contributed by atoms with E-state index < -0.39 is 5.97 Å². The molecule has 1 rings (SSSR count). The molecule has 20 heavy (non-hydrogen) atoms. The summed E-state index contributed by atoms with van der Waals surface area (Å²) < 4.78 is 4.74. The van der Waals surface area contributed by atoms with Crippen molar-refractivity contribution in [2.45, 2.75) is 13.8 Å². The Bertz CT molecular complexity index is 558. The van der Waals surface area contributed by atoms with Gasteiger partial charge in [-0.25, -0.2) is 4.79 Å². The average molecular weight is 338 g/mol. The molecule has 0 radical (unpaired) electrons. The highest BCUT2D eigenvalue weighted by Crippen LogP contribution is 2.36. The summed E-state index contributed by atoms with van der Waals surface area (Å²) in [5.41, 5.74) is -0.185. The van der Waals surface area contributed by atoms with E-state index in [2.05, 4.69) is 10.2 Å². The van der Waals surface area contributed by atoms with Crippen LogP contribution in [0.3, 0.4) is 0 Å². The molecule has 0 atom stereocenters. The third-order valence-corrected chi connectivity index (χ3v) is 2.84. The number of esters is 1. The summed E-state index contributed by atoms with van der Waals surface area (Å²) in [6.07, 6.45) is 0. The maximum Gasteiger partial charge on any atom is 0.362 e. The number of hydrogen-bond acceptors (Lipinski definition) is 5. The van der Waals surface area contributed by atoms with Crippen molar-refractivity contribution in [2.24, 2.45) is 10.2 Å². The summed E-state index contributed by atoms with van der Waals surface area (Å²) in [7, 11) is 0. The predicted molar refractivity (Wildman–Crippen MR) is 77.9 cm³/mol. The molecule has 1 aromatic rings. The van der Waals surface area contributed by atoms with Gasteiger partial charge in [0.05, 0.1) is 16.7 Å². The second kappa shape index (κ2) is 7.47. The zero-order valence-electron chi connectivity index (χ0n) is 10.7. The van der Waals surface area contributed by atoms with E-state index in [0.717, 1.165) is 0 Å². The van der Waals surface area contributed by atoms with Crippen LogP contribution in [0.4, 0.5) is 5.69 Å². The van der Waals surface area contributed by atoms with Gasteiger partial charge >= 0.3 is 5.97 Å². The van der Waals surface area contributed by atoms with Crippen LogP contribution in [-0.4, -0.2) is 17.7 Å². The van der Waals surface area contributed by atoms with E-state index in [0.29, 0.717) is 5.02 Å². The van der Waals surface area contributed by atoms with Gasteiger partial charge in [-0.1, -0.05) is 34.8 Å². The number of carbonyl (C=O) groups excluding carboxylic acids is 1. The van der Waals surface area contributed by atoms with Crippen molar-refractivity contribution < 1.29 is 14.6 Å². The van der Waals surface area contributed by atoms with Gasteiger partial charge in [-0.05, 0) is 26.0 Å². The monoisotopic (exact) mass is 336 g/mol. The average Bonchev–Trinajstić information content (AvgIpc) is 2.32. The third kappa shape index (κ3) is 4.37. The Hall–Kier alpha value is -1.30. The van der Waals surface area contributed by atoms with Gasteiger partial charge in [0.25, 0.3) is 0 Å². The van der Waals surface area contributed by atoms with Crippen LogP contribution in [0.2, 0.25) is 15.1 Å². The molecule has 0 amide bonds. The number of hydrogen-bond donors (Lipinski definition) is 1. The van der Waals surface area contributed by atoms with Crippen LogP contribution in [-0.2, 0) is 9.53 Å². The van der Waals surface area contributed by atoms with Crippen molar-refractivity contribution >= 4 is 46.5 Å². The Morgan fingerprint density at radius 3 is 2.30 bits per heavy atom. The third-order valence-electron chi connectivity index (χ3n) is 2.04. The largest absolute Gasteiger partial charge is 0.510 e. The summed E-state index contributed by atoms with van der Waals surface area (Å²) >= 11 is 17.6. The zero-order chi connectivity index (χ0) is 15.3. The van der Waals surface area contributed by atoms with E-state index in [1.807, 2.05) is 0 Å². The molecule has 0 aliphatic heterocycles. The maximum atomic E-state index is 11.5. The van der Waals surface area contributed by atoms with Gasteiger partial charge in [-0.15, -0.1) is 10.2 Å². The van der Waals surface area contributed by atoms with Crippen molar-refractivity contribution in [3.05, 3.63) is 38.7 Å². The Morgan fingerprint density at radius 1 is 1.30 bits per heavy atom. The normalized spacial score (nSPS) is 12.4. The molecule has 0 aromatic heterocycles. The van der Waals surface area contributed by atoms with Crippen molar-refractivity contribution in [2.75, 3.05) is 6.61 Å². The van der Waals surface area contributed by atoms with Gasteiger partial charge in [-0.3, -0.25) is 0 Å². The van der Waals surface area contributed by atoms with E-state index in [4.69, 9.17) is 39.5 Å². The predicted octanol–water partition coefficient (Wildman–Crippen LogP) is 5.08. The molecule has 0 heterocycles. The van der Waals surface area contributed by atoms with Crippen LogP contribution in [0.25, 0.3) is 0 Å². The van der Waals surface area contributed by atoms with E-state index >= 15 is 0 Å². The lowest BCUT2D eigenvalue weighted by Gasteiger charge is -2.04. The fourth-order valence-electron chi connectivity index (χ4n) is 1.19. The number of allylic oxidation sites excluding steroid dienone is 1. The van der Waals surface area contributed by atoms with Crippen LogP contribution in [0.1, 0.15) is 13.8 Å². The molecule has 0 bridgehead atoms. The molecule has 0 aliphatic rings. The van der Waals surface area contributed by atoms with Gasteiger partial charge in [0.15, 0.2) is 0 Å². The summed E-state index contributed by atoms with van der Waals surface area (Å²) in [4.78, 5) is 11.5. The molecule has 1 aromatic carbocycles. The van der Waals surface area contributed by atoms with Crippen LogP contribution in [0, 0.1) is 0 Å². The second-order valence-electron chi connectivity index (χ2n) is 3.57. The minimum atomic E-state index is -0.794. The quantitative estimate of drug-likeness (QED) is 0.360. The van der Waals surface area contributed by atoms with Gasteiger partial charge in [0.1, 0.15) is 11.4 Å². The standard InChI is InChI=1S/C12H11Cl3N2O3/c1-3-20-12(19)10(6(2)18)16-17-11-8(14)4-7(13)5-9(11)15/h4-5,18H,3H2,1-2H3/b10-6-,17-16?. The highest BCUT2D eigenvalue weighted by Gasteiger charge is 2.15. The van der Waals surface area contributed by atoms with Crippen LogP contribution in [0.15, 0.2) is 33.8 Å². The number of halogens is 3. The van der Waals surface area contributed by atoms with Crippen molar-refractivity contribution in [3.63, 3.8) is 0 Å².